The fraction of sp³-hybridized carbons (Fsp3) is 0.0526. The quantitative estimate of drug-likeness (QED) is 0.442. The molecule has 0 fully saturated rings. The van der Waals surface area contributed by atoms with E-state index in [1.165, 1.54) is 0 Å². The summed E-state index contributed by atoms with van der Waals surface area (Å²) < 4.78 is 13.8. The Morgan fingerprint density at radius 1 is 1.11 bits per heavy atom. The molecule has 0 radical (unpaired) electrons. The number of nitrogens with one attached hydrogen (secondary N) is 2. The number of aliphatic hydroxyl groups is 1. The first kappa shape index (κ1) is 18.2. The highest BCUT2D eigenvalue weighted by Crippen LogP contribution is 2.25. The summed E-state index contributed by atoms with van der Waals surface area (Å²) in [5.74, 6) is 0.790. The van der Waals surface area contributed by atoms with Gasteiger partial charge in [0.05, 0.1) is 11.7 Å². The minimum Gasteiger partial charge on any atom is -0.459 e. The third-order valence-corrected chi connectivity index (χ3v) is 4.73. The van der Waals surface area contributed by atoms with Crippen molar-refractivity contribution in [1.82, 2.24) is 14.1 Å². The van der Waals surface area contributed by atoms with Crippen LogP contribution in [0.15, 0.2) is 59.0 Å². The highest BCUT2D eigenvalue weighted by molar-refractivity contribution is 7.80. The summed E-state index contributed by atoms with van der Waals surface area (Å²) in [6.45, 7) is -0.156. The molecular weight excluding hydrogens is 396 g/mol. The number of carbonyl (C=O) groups is 1. The van der Waals surface area contributed by atoms with Crippen molar-refractivity contribution in [2.75, 3.05) is 5.32 Å². The van der Waals surface area contributed by atoms with Gasteiger partial charge in [0.2, 0.25) is 0 Å². The molecule has 28 heavy (non-hydrogen) atoms. The minimum absolute atomic E-state index is 0.156. The number of benzene rings is 2. The Labute approximate surface area is 169 Å². The Hall–Kier alpha value is -3.14. The van der Waals surface area contributed by atoms with Crippen LogP contribution in [0.2, 0.25) is 0 Å². The molecule has 0 atom stereocenters. The van der Waals surface area contributed by atoms with Crippen LogP contribution >= 0.6 is 23.9 Å². The number of amides is 1. The van der Waals surface area contributed by atoms with Gasteiger partial charge in [-0.1, -0.05) is 12.1 Å². The average Bonchev–Trinajstić information content (AvgIpc) is 3.36. The maximum absolute atomic E-state index is 12.4. The molecule has 2 aromatic heterocycles. The van der Waals surface area contributed by atoms with Crippen molar-refractivity contribution in [2.45, 2.75) is 6.61 Å². The molecule has 2 heterocycles. The number of fused-ring (bicyclic) bond motifs is 1. The lowest BCUT2D eigenvalue weighted by Gasteiger charge is -2.10. The summed E-state index contributed by atoms with van der Waals surface area (Å²) in [6, 6.07) is 16.0. The van der Waals surface area contributed by atoms with E-state index in [2.05, 4.69) is 19.4 Å². The molecule has 140 valence electrons. The van der Waals surface area contributed by atoms with Crippen LogP contribution in [0, 0.1) is 0 Å². The minimum atomic E-state index is -0.331. The molecule has 0 saturated carbocycles. The number of hydrogen-bond donors (Lipinski definition) is 3. The lowest BCUT2D eigenvalue weighted by Crippen LogP contribution is -2.34. The first-order valence-corrected chi connectivity index (χ1v) is 9.41. The van der Waals surface area contributed by atoms with Gasteiger partial charge in [0.25, 0.3) is 5.91 Å². The summed E-state index contributed by atoms with van der Waals surface area (Å²) in [7, 11) is 0. The van der Waals surface area contributed by atoms with Gasteiger partial charge in [-0.2, -0.15) is 8.75 Å². The predicted molar refractivity (Wildman–Crippen MR) is 111 cm³/mol. The number of anilines is 1. The van der Waals surface area contributed by atoms with Gasteiger partial charge in [-0.25, -0.2) is 0 Å². The summed E-state index contributed by atoms with van der Waals surface area (Å²) in [5.41, 5.74) is 3.39. The highest BCUT2D eigenvalue weighted by atomic mass is 32.1. The average molecular weight is 410 g/mol. The molecule has 4 rings (SSSR count). The number of rotatable bonds is 4. The maximum Gasteiger partial charge on any atom is 0.257 e. The van der Waals surface area contributed by atoms with E-state index in [-0.39, 0.29) is 17.6 Å². The number of thiocarbonyl (C=S) groups is 1. The molecule has 9 heteroatoms. The van der Waals surface area contributed by atoms with E-state index in [9.17, 15) is 4.79 Å². The molecule has 2 aromatic carbocycles. The second kappa shape index (κ2) is 7.85. The normalized spacial score (nSPS) is 10.8. The van der Waals surface area contributed by atoms with Crippen LogP contribution in [0.5, 0.6) is 0 Å². The molecule has 0 aliphatic rings. The van der Waals surface area contributed by atoms with Gasteiger partial charge >= 0.3 is 0 Å². The van der Waals surface area contributed by atoms with Gasteiger partial charge in [-0.3, -0.25) is 10.1 Å². The van der Waals surface area contributed by atoms with Gasteiger partial charge in [-0.15, -0.1) is 0 Å². The maximum atomic E-state index is 12.4. The second-order valence-corrected chi connectivity index (χ2v) is 6.82. The van der Waals surface area contributed by atoms with E-state index in [1.807, 2.05) is 24.3 Å². The fourth-order valence-electron chi connectivity index (χ4n) is 2.63. The molecular formula is C19H14N4O3S2. The third kappa shape index (κ3) is 3.91. The number of nitrogens with zero attached hydrogens (tertiary/aromatic N) is 2. The van der Waals surface area contributed by atoms with Gasteiger partial charge in [-0.05, 0) is 54.7 Å². The topological polar surface area (TPSA) is 100 Å². The SMILES string of the molecule is O=C(NC(=S)Nc1cccc(-c2ccc(CO)o2)c1)c1ccc2nsnc2c1. The number of aromatic nitrogens is 2. The van der Waals surface area contributed by atoms with E-state index >= 15 is 0 Å². The Balaban J connectivity index is 1.44. The molecule has 0 unspecified atom stereocenters. The Morgan fingerprint density at radius 2 is 1.96 bits per heavy atom. The van der Waals surface area contributed by atoms with E-state index in [1.54, 1.807) is 30.3 Å². The zero-order valence-electron chi connectivity index (χ0n) is 14.4. The summed E-state index contributed by atoms with van der Waals surface area (Å²) in [6.07, 6.45) is 0. The van der Waals surface area contributed by atoms with Crippen molar-refractivity contribution < 1.29 is 14.3 Å². The molecule has 0 saturated heterocycles. The van der Waals surface area contributed by atoms with Crippen LogP contribution in [0.4, 0.5) is 5.69 Å². The summed E-state index contributed by atoms with van der Waals surface area (Å²) in [4.78, 5) is 12.4. The Bertz CT molecular complexity index is 1170. The van der Waals surface area contributed by atoms with Crippen molar-refractivity contribution in [1.29, 1.82) is 0 Å². The van der Waals surface area contributed by atoms with E-state index < -0.39 is 0 Å². The van der Waals surface area contributed by atoms with Crippen LogP contribution < -0.4 is 10.6 Å². The number of aliphatic hydroxyl groups excluding tert-OH is 1. The van der Waals surface area contributed by atoms with Crippen molar-refractivity contribution in [2.24, 2.45) is 0 Å². The van der Waals surface area contributed by atoms with Gasteiger partial charge in [0.1, 0.15) is 29.2 Å². The summed E-state index contributed by atoms with van der Waals surface area (Å²) in [5, 5.41) is 14.9. The predicted octanol–water partition coefficient (Wildman–Crippen LogP) is 3.57. The Morgan fingerprint density at radius 3 is 2.79 bits per heavy atom. The van der Waals surface area contributed by atoms with E-state index in [4.69, 9.17) is 21.7 Å². The van der Waals surface area contributed by atoms with Crippen LogP contribution in [0.1, 0.15) is 16.1 Å². The van der Waals surface area contributed by atoms with Crippen molar-refractivity contribution in [3.63, 3.8) is 0 Å². The number of carbonyl (C=O) groups excluding carboxylic acids is 1. The van der Waals surface area contributed by atoms with Crippen molar-refractivity contribution in [3.05, 3.63) is 65.9 Å². The molecule has 3 N–H and O–H groups in total. The highest BCUT2D eigenvalue weighted by Gasteiger charge is 2.11. The van der Waals surface area contributed by atoms with Crippen molar-refractivity contribution in [3.8, 4) is 11.3 Å². The van der Waals surface area contributed by atoms with Crippen molar-refractivity contribution >= 4 is 51.7 Å². The lowest BCUT2D eigenvalue weighted by molar-refractivity contribution is 0.0978. The lowest BCUT2D eigenvalue weighted by atomic mass is 10.1. The molecule has 0 spiro atoms. The first-order valence-electron chi connectivity index (χ1n) is 8.27. The smallest absolute Gasteiger partial charge is 0.257 e. The third-order valence-electron chi connectivity index (χ3n) is 3.97. The van der Waals surface area contributed by atoms with Gasteiger partial charge in [0, 0.05) is 16.8 Å². The molecule has 0 aliphatic carbocycles. The van der Waals surface area contributed by atoms with Crippen LogP contribution in [0.3, 0.4) is 0 Å². The monoisotopic (exact) mass is 410 g/mol. The van der Waals surface area contributed by atoms with Crippen LogP contribution in [-0.4, -0.2) is 24.9 Å². The molecule has 0 bridgehead atoms. The summed E-state index contributed by atoms with van der Waals surface area (Å²) >= 11 is 6.35. The first-order chi connectivity index (χ1) is 13.6. The zero-order chi connectivity index (χ0) is 19.5. The van der Waals surface area contributed by atoms with Gasteiger partial charge < -0.3 is 14.8 Å². The molecule has 1 amide bonds. The molecule has 4 aromatic rings. The van der Waals surface area contributed by atoms with E-state index in [0.29, 0.717) is 28.3 Å². The van der Waals surface area contributed by atoms with Crippen LogP contribution in [0.25, 0.3) is 22.4 Å². The fourth-order valence-corrected chi connectivity index (χ4v) is 3.36. The number of furan rings is 1. The standard InChI is InChI=1S/C19H14N4O3S2/c24-10-14-5-7-17(26-14)11-2-1-3-13(8-11)20-19(27)21-18(25)12-4-6-15-16(9-12)23-28-22-15/h1-9,24H,10H2,(H2,20,21,25,27). The Kier molecular flexibility index (Phi) is 5.11. The second-order valence-electron chi connectivity index (χ2n) is 5.88. The zero-order valence-corrected chi connectivity index (χ0v) is 16.0. The van der Waals surface area contributed by atoms with Crippen LogP contribution in [-0.2, 0) is 6.61 Å². The van der Waals surface area contributed by atoms with Gasteiger partial charge in [0.15, 0.2) is 5.11 Å². The van der Waals surface area contributed by atoms with E-state index in [0.717, 1.165) is 22.8 Å². The molecule has 7 nitrogen and oxygen atoms in total. The molecule has 0 aliphatic heterocycles. The number of hydrogen-bond acceptors (Lipinski definition) is 7. The largest absolute Gasteiger partial charge is 0.459 e.